The first-order valence-electron chi connectivity index (χ1n) is 9.65. The second-order valence-electron chi connectivity index (χ2n) is 6.95. The molecule has 1 aromatic rings. The highest BCUT2D eigenvalue weighted by molar-refractivity contribution is 5.87. The van der Waals surface area contributed by atoms with Crippen LogP contribution in [0.3, 0.4) is 0 Å². The highest BCUT2D eigenvalue weighted by Crippen LogP contribution is 2.23. The van der Waals surface area contributed by atoms with Gasteiger partial charge in [0.15, 0.2) is 0 Å². The Morgan fingerprint density at radius 1 is 1.15 bits per heavy atom. The summed E-state index contributed by atoms with van der Waals surface area (Å²) in [5, 5.41) is 6.21. The molecule has 0 spiro atoms. The van der Waals surface area contributed by atoms with E-state index in [2.05, 4.69) is 29.4 Å². The van der Waals surface area contributed by atoms with E-state index in [0.717, 1.165) is 44.6 Å². The van der Waals surface area contributed by atoms with Gasteiger partial charge >= 0.3 is 0 Å². The van der Waals surface area contributed by atoms with Gasteiger partial charge in [-0.1, -0.05) is 50.6 Å². The first-order valence-corrected chi connectivity index (χ1v) is 9.65. The second kappa shape index (κ2) is 10.3. The largest absolute Gasteiger partial charge is 0.368 e. The Hall–Kier alpha value is -1.92. The van der Waals surface area contributed by atoms with Gasteiger partial charge in [0, 0.05) is 38.6 Å². The van der Waals surface area contributed by atoms with E-state index < -0.39 is 11.9 Å². The maximum absolute atomic E-state index is 12.7. The van der Waals surface area contributed by atoms with Crippen molar-refractivity contribution in [3.8, 4) is 0 Å². The molecule has 0 bridgehead atoms. The standard InChI is InChI=1S/C20H32N4O2/c1-3-15(17(4-2)24-12-10-22-11-13-24)14-18(25)23-19(20(21)26)16-8-6-5-7-9-16/h5-9,15,17,19,22H,3-4,10-14H2,1-2H3,(H2,21,26)(H,23,25). The number of carbonyl (C=O) groups is 2. The third kappa shape index (κ3) is 5.54. The van der Waals surface area contributed by atoms with Crippen LogP contribution in [0.4, 0.5) is 0 Å². The molecule has 3 unspecified atom stereocenters. The molecule has 144 valence electrons. The van der Waals surface area contributed by atoms with E-state index in [-0.39, 0.29) is 11.8 Å². The van der Waals surface area contributed by atoms with Crippen molar-refractivity contribution in [3.63, 3.8) is 0 Å². The molecule has 6 nitrogen and oxygen atoms in total. The highest BCUT2D eigenvalue weighted by Gasteiger charge is 2.29. The van der Waals surface area contributed by atoms with Crippen LogP contribution in [-0.2, 0) is 9.59 Å². The van der Waals surface area contributed by atoms with Crippen LogP contribution < -0.4 is 16.4 Å². The van der Waals surface area contributed by atoms with Crippen molar-refractivity contribution < 1.29 is 9.59 Å². The third-order valence-corrected chi connectivity index (χ3v) is 5.28. The van der Waals surface area contributed by atoms with Gasteiger partial charge < -0.3 is 16.4 Å². The maximum Gasteiger partial charge on any atom is 0.244 e. The van der Waals surface area contributed by atoms with Gasteiger partial charge in [-0.25, -0.2) is 0 Å². The van der Waals surface area contributed by atoms with Crippen molar-refractivity contribution in [3.05, 3.63) is 35.9 Å². The first-order chi connectivity index (χ1) is 12.6. The molecular weight excluding hydrogens is 328 g/mol. The zero-order valence-electron chi connectivity index (χ0n) is 15.9. The van der Waals surface area contributed by atoms with Gasteiger partial charge in [0.25, 0.3) is 0 Å². The molecule has 0 aromatic heterocycles. The van der Waals surface area contributed by atoms with E-state index in [4.69, 9.17) is 5.73 Å². The van der Waals surface area contributed by atoms with Crippen molar-refractivity contribution in [2.75, 3.05) is 26.2 Å². The zero-order chi connectivity index (χ0) is 18.9. The van der Waals surface area contributed by atoms with Crippen LogP contribution in [-0.4, -0.2) is 48.9 Å². The fourth-order valence-electron chi connectivity index (χ4n) is 3.88. The zero-order valence-corrected chi connectivity index (χ0v) is 15.9. The predicted octanol–water partition coefficient (Wildman–Crippen LogP) is 1.43. The van der Waals surface area contributed by atoms with Gasteiger partial charge in [0.2, 0.25) is 11.8 Å². The molecule has 1 fully saturated rings. The van der Waals surface area contributed by atoms with E-state index >= 15 is 0 Å². The van der Waals surface area contributed by atoms with E-state index in [1.165, 1.54) is 0 Å². The van der Waals surface area contributed by atoms with Crippen LogP contribution in [0.25, 0.3) is 0 Å². The lowest BCUT2D eigenvalue weighted by Gasteiger charge is -2.38. The predicted molar refractivity (Wildman–Crippen MR) is 103 cm³/mol. The van der Waals surface area contributed by atoms with Crippen molar-refractivity contribution in [2.45, 2.75) is 45.2 Å². The Balaban J connectivity index is 2.01. The molecule has 1 aromatic carbocycles. The number of hydrogen-bond acceptors (Lipinski definition) is 4. The summed E-state index contributed by atoms with van der Waals surface area (Å²) < 4.78 is 0. The number of nitrogens with zero attached hydrogens (tertiary/aromatic N) is 1. The van der Waals surface area contributed by atoms with E-state index in [1.807, 2.05) is 30.3 Å². The summed E-state index contributed by atoms with van der Waals surface area (Å²) in [6.45, 7) is 8.35. The summed E-state index contributed by atoms with van der Waals surface area (Å²) >= 11 is 0. The van der Waals surface area contributed by atoms with Crippen molar-refractivity contribution in [2.24, 2.45) is 11.7 Å². The minimum atomic E-state index is -0.777. The normalized spacial score (nSPS) is 18.7. The lowest BCUT2D eigenvalue weighted by Crippen LogP contribution is -2.51. The number of amides is 2. The molecule has 2 amide bonds. The topological polar surface area (TPSA) is 87.5 Å². The smallest absolute Gasteiger partial charge is 0.244 e. The van der Waals surface area contributed by atoms with Gasteiger partial charge in [-0.15, -0.1) is 0 Å². The van der Waals surface area contributed by atoms with E-state index in [9.17, 15) is 9.59 Å². The van der Waals surface area contributed by atoms with Crippen LogP contribution in [0.2, 0.25) is 0 Å². The summed E-state index contributed by atoms with van der Waals surface area (Å²) in [5.41, 5.74) is 6.23. The number of piperazine rings is 1. The van der Waals surface area contributed by atoms with Gasteiger partial charge in [0.05, 0.1) is 0 Å². The molecule has 1 heterocycles. The second-order valence-corrected chi connectivity index (χ2v) is 6.95. The highest BCUT2D eigenvalue weighted by atomic mass is 16.2. The number of nitrogens with one attached hydrogen (secondary N) is 2. The number of carbonyl (C=O) groups excluding carboxylic acids is 2. The number of nitrogens with two attached hydrogens (primary N) is 1. The molecule has 2 rings (SSSR count). The SMILES string of the molecule is CCC(CC(=O)NC(C(N)=O)c1ccccc1)C(CC)N1CCNCC1. The average Bonchev–Trinajstić information content (AvgIpc) is 2.67. The molecular formula is C20H32N4O2. The van der Waals surface area contributed by atoms with Crippen molar-refractivity contribution in [1.29, 1.82) is 0 Å². The fraction of sp³-hybridized carbons (Fsp3) is 0.600. The Kier molecular flexibility index (Phi) is 8.06. The lowest BCUT2D eigenvalue weighted by atomic mass is 9.89. The molecule has 1 aliphatic heterocycles. The van der Waals surface area contributed by atoms with Crippen LogP contribution in [0, 0.1) is 5.92 Å². The summed E-state index contributed by atoms with van der Waals surface area (Å²) in [7, 11) is 0. The lowest BCUT2D eigenvalue weighted by molar-refractivity contribution is -0.128. The molecule has 1 aliphatic rings. The molecule has 1 saturated heterocycles. The molecule has 3 atom stereocenters. The molecule has 0 radical (unpaired) electrons. The van der Waals surface area contributed by atoms with Crippen LogP contribution in [0.15, 0.2) is 30.3 Å². The van der Waals surface area contributed by atoms with Gasteiger partial charge in [-0.2, -0.15) is 0 Å². The molecule has 4 N–H and O–H groups in total. The molecule has 0 aliphatic carbocycles. The monoisotopic (exact) mass is 360 g/mol. The molecule has 26 heavy (non-hydrogen) atoms. The summed E-state index contributed by atoms with van der Waals surface area (Å²) in [6.07, 6.45) is 2.36. The van der Waals surface area contributed by atoms with Crippen molar-refractivity contribution >= 4 is 11.8 Å². The van der Waals surface area contributed by atoms with Gasteiger partial charge in [0.1, 0.15) is 6.04 Å². The van der Waals surface area contributed by atoms with E-state index in [1.54, 1.807) is 0 Å². The summed E-state index contributed by atoms with van der Waals surface area (Å²) in [6, 6.07) is 8.77. The van der Waals surface area contributed by atoms with Gasteiger partial charge in [-0.3, -0.25) is 14.5 Å². The average molecular weight is 361 g/mol. The third-order valence-electron chi connectivity index (χ3n) is 5.28. The Bertz CT molecular complexity index is 572. The maximum atomic E-state index is 12.7. The van der Waals surface area contributed by atoms with Crippen LogP contribution in [0.1, 0.15) is 44.7 Å². The quantitative estimate of drug-likeness (QED) is 0.622. The number of rotatable bonds is 9. The first kappa shape index (κ1) is 20.4. The van der Waals surface area contributed by atoms with E-state index in [0.29, 0.717) is 12.5 Å². The van der Waals surface area contributed by atoms with Gasteiger partial charge in [-0.05, 0) is 17.9 Å². The Morgan fingerprint density at radius 3 is 2.35 bits per heavy atom. The Labute approximate surface area is 156 Å². The molecule has 6 heteroatoms. The number of benzene rings is 1. The number of hydrogen-bond donors (Lipinski definition) is 3. The van der Waals surface area contributed by atoms with Crippen LogP contribution >= 0.6 is 0 Å². The van der Waals surface area contributed by atoms with Crippen LogP contribution in [0.5, 0.6) is 0 Å². The number of primary amides is 1. The molecule has 0 saturated carbocycles. The minimum Gasteiger partial charge on any atom is -0.368 e. The van der Waals surface area contributed by atoms with Crippen molar-refractivity contribution in [1.82, 2.24) is 15.5 Å². The fourth-order valence-corrected chi connectivity index (χ4v) is 3.88. The minimum absolute atomic E-state index is 0.113. The summed E-state index contributed by atoms with van der Waals surface area (Å²) in [4.78, 5) is 27.0. The summed E-state index contributed by atoms with van der Waals surface area (Å²) in [5.74, 6) is -0.382. The Morgan fingerprint density at radius 2 is 1.81 bits per heavy atom.